The molecule has 4 rings (SSSR count). The van der Waals surface area contributed by atoms with E-state index >= 15 is 0 Å². The topological polar surface area (TPSA) is 86.8 Å². The van der Waals surface area contributed by atoms with Crippen LogP contribution < -0.4 is 9.62 Å². The van der Waals surface area contributed by atoms with Gasteiger partial charge in [0, 0.05) is 19.0 Å². The quantitative estimate of drug-likeness (QED) is 0.363. The fraction of sp³-hybridized carbons (Fsp3) is 0.375. The van der Waals surface area contributed by atoms with Crippen LogP contribution in [-0.4, -0.2) is 50.0 Å². The summed E-state index contributed by atoms with van der Waals surface area (Å²) in [6.07, 6.45) is 6.57. The van der Waals surface area contributed by atoms with E-state index in [2.05, 4.69) is 5.32 Å². The third kappa shape index (κ3) is 8.18. The third-order valence-corrected chi connectivity index (χ3v) is 8.56. The van der Waals surface area contributed by atoms with Crippen LogP contribution in [-0.2, 0) is 32.6 Å². The van der Waals surface area contributed by atoms with Crippen molar-refractivity contribution in [1.29, 1.82) is 0 Å². The number of sulfonamides is 1. The van der Waals surface area contributed by atoms with E-state index < -0.39 is 28.5 Å². The van der Waals surface area contributed by atoms with Crippen LogP contribution in [0, 0.1) is 6.92 Å². The second-order valence-corrected chi connectivity index (χ2v) is 12.6. The zero-order chi connectivity index (χ0) is 28.5. The number of carbonyl (C=O) groups is 2. The first-order valence-electron chi connectivity index (χ1n) is 13.9. The lowest BCUT2D eigenvalue weighted by Crippen LogP contribution is -2.55. The Balaban J connectivity index is 1.69. The number of aryl methyl sites for hydroxylation is 1. The molecule has 1 saturated carbocycles. The lowest BCUT2D eigenvalue weighted by Gasteiger charge is -2.35. The SMILES string of the molecule is Cc1ccc(N(CC(=O)N(Cc2ccccc2)C(Cc2ccccc2)C(=O)NC2CCCCC2)S(C)(=O)=O)cc1. The minimum Gasteiger partial charge on any atom is -0.352 e. The van der Waals surface area contributed by atoms with Gasteiger partial charge in [-0.3, -0.25) is 13.9 Å². The maximum absolute atomic E-state index is 14.1. The Labute approximate surface area is 238 Å². The highest BCUT2D eigenvalue weighted by atomic mass is 32.2. The van der Waals surface area contributed by atoms with Crippen molar-refractivity contribution in [3.8, 4) is 0 Å². The van der Waals surface area contributed by atoms with Gasteiger partial charge in [0.2, 0.25) is 21.8 Å². The van der Waals surface area contributed by atoms with E-state index in [9.17, 15) is 18.0 Å². The molecule has 2 amide bonds. The Morgan fingerprint density at radius 3 is 2.00 bits per heavy atom. The molecule has 0 spiro atoms. The number of hydrogen-bond acceptors (Lipinski definition) is 4. The summed E-state index contributed by atoms with van der Waals surface area (Å²) in [5.41, 5.74) is 3.18. The molecule has 0 bridgehead atoms. The van der Waals surface area contributed by atoms with Crippen LogP contribution in [0.15, 0.2) is 84.9 Å². The third-order valence-electron chi connectivity index (χ3n) is 7.42. The second-order valence-electron chi connectivity index (χ2n) is 10.7. The van der Waals surface area contributed by atoms with E-state index in [1.165, 1.54) is 6.42 Å². The molecule has 1 unspecified atom stereocenters. The fourth-order valence-electron chi connectivity index (χ4n) is 5.20. The van der Waals surface area contributed by atoms with E-state index in [0.29, 0.717) is 12.1 Å². The fourth-order valence-corrected chi connectivity index (χ4v) is 6.05. The molecule has 212 valence electrons. The highest BCUT2D eigenvalue weighted by molar-refractivity contribution is 7.92. The van der Waals surface area contributed by atoms with Gasteiger partial charge in [0.25, 0.3) is 0 Å². The lowest BCUT2D eigenvalue weighted by molar-refractivity contribution is -0.140. The van der Waals surface area contributed by atoms with E-state index in [1.807, 2.05) is 79.7 Å². The van der Waals surface area contributed by atoms with Crippen LogP contribution in [0.4, 0.5) is 5.69 Å². The maximum atomic E-state index is 14.1. The standard InChI is InChI=1S/C32H39N3O4S/c1-25-18-20-29(21-19-25)35(40(2,38)39)24-31(36)34(23-27-14-8-4-9-15-27)30(22-26-12-6-3-7-13-26)32(37)33-28-16-10-5-11-17-28/h3-4,6-9,12-15,18-21,28,30H,5,10-11,16-17,22-24H2,1-2H3,(H,33,37). The number of carbonyl (C=O) groups excluding carboxylic acids is 2. The number of nitrogens with zero attached hydrogens (tertiary/aromatic N) is 2. The summed E-state index contributed by atoms with van der Waals surface area (Å²) >= 11 is 0. The molecule has 1 fully saturated rings. The van der Waals surface area contributed by atoms with Gasteiger partial charge in [-0.25, -0.2) is 8.42 Å². The first-order valence-corrected chi connectivity index (χ1v) is 15.8. The van der Waals surface area contributed by atoms with Gasteiger partial charge >= 0.3 is 0 Å². The second kappa shape index (κ2) is 13.6. The van der Waals surface area contributed by atoms with Crippen LogP contribution in [0.2, 0.25) is 0 Å². The van der Waals surface area contributed by atoms with Crippen LogP contribution >= 0.6 is 0 Å². The van der Waals surface area contributed by atoms with Gasteiger partial charge < -0.3 is 10.2 Å². The summed E-state index contributed by atoms with van der Waals surface area (Å²) < 4.78 is 26.8. The molecule has 0 aliphatic heterocycles. The van der Waals surface area contributed by atoms with Gasteiger partial charge in [0.05, 0.1) is 11.9 Å². The number of nitrogens with one attached hydrogen (secondary N) is 1. The molecular formula is C32H39N3O4S. The summed E-state index contributed by atoms with van der Waals surface area (Å²) in [6.45, 7) is 1.69. The molecule has 40 heavy (non-hydrogen) atoms. The van der Waals surface area contributed by atoms with Crippen molar-refractivity contribution in [2.24, 2.45) is 0 Å². The van der Waals surface area contributed by atoms with E-state index in [-0.39, 0.29) is 18.5 Å². The van der Waals surface area contributed by atoms with E-state index in [0.717, 1.165) is 52.9 Å². The highest BCUT2D eigenvalue weighted by Gasteiger charge is 2.34. The smallest absolute Gasteiger partial charge is 0.244 e. The Hall–Kier alpha value is -3.65. The van der Waals surface area contributed by atoms with Gasteiger partial charge in [-0.15, -0.1) is 0 Å². The van der Waals surface area contributed by atoms with Crippen molar-refractivity contribution in [1.82, 2.24) is 10.2 Å². The number of benzene rings is 3. The monoisotopic (exact) mass is 561 g/mol. The summed E-state index contributed by atoms with van der Waals surface area (Å²) in [5, 5.41) is 3.22. The Kier molecular flexibility index (Phi) is 9.98. The average molecular weight is 562 g/mol. The zero-order valence-corrected chi connectivity index (χ0v) is 24.1. The van der Waals surface area contributed by atoms with Crippen LogP contribution in [0.25, 0.3) is 0 Å². The number of anilines is 1. The van der Waals surface area contributed by atoms with Gasteiger partial charge in [0.15, 0.2) is 0 Å². The molecule has 0 saturated heterocycles. The Morgan fingerprint density at radius 1 is 0.850 bits per heavy atom. The van der Waals surface area contributed by atoms with E-state index in [4.69, 9.17) is 0 Å². The molecule has 7 nitrogen and oxygen atoms in total. The summed E-state index contributed by atoms with van der Waals surface area (Å²) in [4.78, 5) is 29.6. The van der Waals surface area contributed by atoms with Crippen molar-refractivity contribution < 1.29 is 18.0 Å². The predicted molar refractivity (Wildman–Crippen MR) is 159 cm³/mol. The normalized spacial score (nSPS) is 14.8. The molecular weight excluding hydrogens is 522 g/mol. The molecule has 1 aliphatic rings. The molecule has 3 aromatic rings. The molecule has 0 radical (unpaired) electrons. The van der Waals surface area contributed by atoms with E-state index in [1.54, 1.807) is 17.0 Å². The first kappa shape index (κ1) is 29.3. The van der Waals surface area contributed by atoms with Gasteiger partial charge in [-0.1, -0.05) is 97.6 Å². The van der Waals surface area contributed by atoms with Crippen molar-refractivity contribution in [2.75, 3.05) is 17.1 Å². The first-order chi connectivity index (χ1) is 19.2. The Bertz CT molecular complexity index is 1360. The average Bonchev–Trinajstić information content (AvgIpc) is 2.95. The largest absolute Gasteiger partial charge is 0.352 e. The summed E-state index contributed by atoms with van der Waals surface area (Å²) in [6, 6.07) is 25.4. The summed E-state index contributed by atoms with van der Waals surface area (Å²) in [5.74, 6) is -0.643. The zero-order valence-electron chi connectivity index (χ0n) is 23.3. The van der Waals surface area contributed by atoms with Crippen molar-refractivity contribution in [3.05, 3.63) is 102 Å². The van der Waals surface area contributed by atoms with Gasteiger partial charge in [-0.2, -0.15) is 0 Å². The molecule has 0 aromatic heterocycles. The number of hydrogen-bond donors (Lipinski definition) is 1. The predicted octanol–water partition coefficient (Wildman–Crippen LogP) is 4.85. The number of amides is 2. The van der Waals surface area contributed by atoms with Crippen molar-refractivity contribution in [2.45, 2.75) is 64.1 Å². The van der Waals surface area contributed by atoms with Crippen molar-refractivity contribution >= 4 is 27.5 Å². The van der Waals surface area contributed by atoms with Gasteiger partial charge in [-0.05, 0) is 43.0 Å². The van der Waals surface area contributed by atoms with Crippen LogP contribution in [0.5, 0.6) is 0 Å². The Morgan fingerprint density at radius 2 is 1.43 bits per heavy atom. The van der Waals surface area contributed by atoms with Crippen molar-refractivity contribution in [3.63, 3.8) is 0 Å². The van der Waals surface area contributed by atoms with Crippen LogP contribution in [0.3, 0.4) is 0 Å². The molecule has 1 atom stereocenters. The highest BCUT2D eigenvalue weighted by Crippen LogP contribution is 2.22. The minimum atomic E-state index is -3.77. The molecule has 0 heterocycles. The molecule has 8 heteroatoms. The van der Waals surface area contributed by atoms with Gasteiger partial charge in [0.1, 0.15) is 12.6 Å². The molecule has 3 aromatic carbocycles. The molecule has 1 N–H and O–H groups in total. The number of rotatable bonds is 11. The lowest BCUT2D eigenvalue weighted by atomic mass is 9.94. The maximum Gasteiger partial charge on any atom is 0.244 e. The van der Waals surface area contributed by atoms with Crippen LogP contribution in [0.1, 0.15) is 48.8 Å². The molecule has 1 aliphatic carbocycles. The minimum absolute atomic E-state index is 0.0771. The summed E-state index contributed by atoms with van der Waals surface area (Å²) in [7, 11) is -3.77.